The fraction of sp³-hybridized carbons (Fsp3) is 0.500. The number of carboxylic acids is 1. The van der Waals surface area contributed by atoms with Crippen LogP contribution in [0.2, 0.25) is 0 Å². The van der Waals surface area contributed by atoms with E-state index in [0.717, 1.165) is 7.11 Å². The van der Waals surface area contributed by atoms with Gasteiger partial charge in [0.2, 0.25) is 0 Å². The number of hydrogen-bond acceptors (Lipinski definition) is 3. The molecule has 0 heterocycles. The molecule has 0 radical (unpaired) electrons. The average molecular weight is 134 g/mol. The minimum absolute atomic E-state index is 0. The summed E-state index contributed by atoms with van der Waals surface area (Å²) in [6.45, 7) is 0. The fourth-order valence-corrected chi connectivity index (χ4v) is 0.196. The quantitative estimate of drug-likeness (QED) is 0.232. The van der Waals surface area contributed by atoms with E-state index in [1.165, 1.54) is 0 Å². The molecule has 0 aliphatic heterocycles. The number of esters is 1. The minimum atomic E-state index is -1.17. The number of carboxylic acid groups (broad SMARTS) is 1. The first kappa shape index (κ1) is 16.6. The van der Waals surface area contributed by atoms with Gasteiger partial charge >= 0.3 is 49.7 Å². The Bertz CT molecular complexity index is 122. The first-order chi connectivity index (χ1) is 3.66. The van der Waals surface area contributed by atoms with Crippen LogP contribution in [0.1, 0.15) is 9.27 Å². The second-order valence-corrected chi connectivity index (χ2v) is 1.15. The topological polar surface area (TPSA) is 63.6 Å². The van der Waals surface area contributed by atoms with Crippen molar-refractivity contribution in [2.24, 2.45) is 0 Å². The van der Waals surface area contributed by atoms with Crippen LogP contribution in [0.3, 0.4) is 0 Å². The molecule has 0 unspecified atom stereocenters. The van der Waals surface area contributed by atoms with Crippen LogP contribution in [0.5, 0.6) is 0 Å². The monoisotopic (exact) mass is 134 g/mol. The van der Waals surface area contributed by atoms with Crippen LogP contribution in [-0.2, 0) is 14.3 Å². The van der Waals surface area contributed by atoms with Crippen molar-refractivity contribution in [2.45, 2.75) is 6.42 Å². The molecule has 0 fully saturated rings. The van der Waals surface area contributed by atoms with Gasteiger partial charge in [0.25, 0.3) is 0 Å². The molecule has 10 heavy (non-hydrogen) atoms. The first-order valence-electron chi connectivity index (χ1n) is 1.95. The van der Waals surface area contributed by atoms with Crippen molar-refractivity contribution in [2.75, 3.05) is 7.11 Å². The smallest absolute Gasteiger partial charge is 1.00 e. The number of carbonyl (C=O) groups excluding carboxylic acids is 1. The molecule has 0 rings (SSSR count). The number of methoxy groups -OCH3 is 1. The molecular weight excluding hydrogens is 126 g/mol. The van der Waals surface area contributed by atoms with Gasteiger partial charge in [0.15, 0.2) is 0 Å². The van der Waals surface area contributed by atoms with Crippen LogP contribution < -0.4 is 37.7 Å². The van der Waals surface area contributed by atoms with Crippen molar-refractivity contribution in [1.29, 1.82) is 0 Å². The van der Waals surface area contributed by atoms with Crippen LogP contribution in [0.4, 0.5) is 0 Å². The van der Waals surface area contributed by atoms with Crippen molar-refractivity contribution in [3.63, 3.8) is 0 Å². The Morgan fingerprint density at radius 2 is 1.90 bits per heavy atom. The van der Waals surface area contributed by atoms with Gasteiger partial charge in [-0.15, -0.1) is 0 Å². The Hall–Kier alpha value is 0.135. The average Bonchev–Trinajstić information content (AvgIpc) is 1.65. The molecule has 0 bridgehead atoms. The molecule has 0 saturated carbocycles. The molecular formula is C4H8Li2O4. The number of hydrogen-bond donors (Lipinski definition) is 1. The van der Waals surface area contributed by atoms with E-state index in [1.807, 2.05) is 0 Å². The Kier molecular flexibility index (Phi) is 15.2. The molecule has 4 nitrogen and oxygen atoms in total. The first-order valence-corrected chi connectivity index (χ1v) is 1.95. The maximum Gasteiger partial charge on any atom is 1.00 e. The zero-order valence-electron chi connectivity index (χ0n) is 8.38. The third kappa shape index (κ3) is 11.0. The standard InChI is InChI=1S/C4H6O4.2Li.2H/c1-8-4(7)2-3(5)6;;;;/h2H2,1H3,(H,5,6);;;;/q;2*+1;2*-1. The molecule has 0 spiro atoms. The molecule has 0 aromatic heterocycles. The molecule has 0 aromatic carbocycles. The molecule has 0 aliphatic carbocycles. The minimum Gasteiger partial charge on any atom is -1.00 e. The summed E-state index contributed by atoms with van der Waals surface area (Å²) in [6.07, 6.45) is -0.559. The van der Waals surface area contributed by atoms with E-state index in [-0.39, 0.29) is 40.6 Å². The number of ether oxygens (including phenoxy) is 1. The van der Waals surface area contributed by atoms with Crippen molar-refractivity contribution in [1.82, 2.24) is 0 Å². The van der Waals surface area contributed by atoms with E-state index in [4.69, 9.17) is 5.11 Å². The zero-order valence-corrected chi connectivity index (χ0v) is 6.38. The summed E-state index contributed by atoms with van der Waals surface area (Å²) in [5, 5.41) is 7.91. The fourth-order valence-electron chi connectivity index (χ4n) is 0.196. The van der Waals surface area contributed by atoms with E-state index in [0.29, 0.717) is 0 Å². The predicted molar refractivity (Wildman–Crippen MR) is 26.5 cm³/mol. The van der Waals surface area contributed by atoms with Crippen LogP contribution in [0.15, 0.2) is 0 Å². The third-order valence-corrected chi connectivity index (χ3v) is 0.523. The summed E-state index contributed by atoms with van der Waals surface area (Å²) in [5.74, 6) is -1.89. The van der Waals surface area contributed by atoms with Crippen LogP contribution in [0, 0.1) is 0 Å². The molecule has 6 heteroatoms. The van der Waals surface area contributed by atoms with E-state index >= 15 is 0 Å². The molecule has 0 aromatic rings. The zero-order chi connectivity index (χ0) is 6.57. The Morgan fingerprint density at radius 3 is 2.00 bits per heavy atom. The SMILES string of the molecule is COC(=O)CC(=O)O.[H-].[H-].[Li+].[Li+]. The van der Waals surface area contributed by atoms with Crippen LogP contribution in [-0.4, -0.2) is 24.2 Å². The maximum atomic E-state index is 10.0. The second kappa shape index (κ2) is 9.13. The summed E-state index contributed by atoms with van der Waals surface area (Å²) < 4.78 is 4.04. The van der Waals surface area contributed by atoms with Gasteiger partial charge in [-0.3, -0.25) is 9.59 Å². The van der Waals surface area contributed by atoms with E-state index in [2.05, 4.69) is 4.74 Å². The summed E-state index contributed by atoms with van der Waals surface area (Å²) in [6, 6.07) is 0. The van der Waals surface area contributed by atoms with Crippen LogP contribution in [0.25, 0.3) is 0 Å². The third-order valence-electron chi connectivity index (χ3n) is 0.523. The Balaban J connectivity index is -0.0000000408. The largest absolute Gasteiger partial charge is 1.00 e. The predicted octanol–water partition coefficient (Wildman–Crippen LogP) is -6.13. The van der Waals surface area contributed by atoms with Gasteiger partial charge in [-0.25, -0.2) is 0 Å². The Labute approximate surface area is 85.6 Å². The molecule has 0 amide bonds. The van der Waals surface area contributed by atoms with E-state index in [1.54, 1.807) is 0 Å². The van der Waals surface area contributed by atoms with Crippen LogP contribution >= 0.6 is 0 Å². The van der Waals surface area contributed by atoms with Gasteiger partial charge in [0.05, 0.1) is 7.11 Å². The maximum absolute atomic E-state index is 10.0. The summed E-state index contributed by atoms with van der Waals surface area (Å²) in [7, 11) is 1.14. The number of aliphatic carboxylic acids is 1. The molecule has 0 saturated heterocycles. The van der Waals surface area contributed by atoms with Gasteiger partial charge in [0.1, 0.15) is 6.42 Å². The number of carbonyl (C=O) groups is 2. The van der Waals surface area contributed by atoms with Crippen molar-refractivity contribution < 1.29 is 60.0 Å². The van der Waals surface area contributed by atoms with Crippen molar-refractivity contribution >= 4 is 11.9 Å². The normalized spacial score (nSPS) is 6.50. The van der Waals surface area contributed by atoms with Crippen molar-refractivity contribution in [3.05, 3.63) is 0 Å². The van der Waals surface area contributed by atoms with Gasteiger partial charge in [-0.2, -0.15) is 0 Å². The summed E-state index contributed by atoms with van der Waals surface area (Å²) in [4.78, 5) is 19.7. The molecule has 50 valence electrons. The summed E-state index contributed by atoms with van der Waals surface area (Å²) >= 11 is 0. The number of rotatable bonds is 2. The molecule has 1 N–H and O–H groups in total. The van der Waals surface area contributed by atoms with E-state index in [9.17, 15) is 9.59 Å². The second-order valence-electron chi connectivity index (χ2n) is 1.15. The summed E-state index contributed by atoms with van der Waals surface area (Å²) in [5.41, 5.74) is 0. The molecule has 0 aliphatic rings. The molecule has 0 atom stereocenters. The van der Waals surface area contributed by atoms with Gasteiger partial charge < -0.3 is 12.7 Å². The van der Waals surface area contributed by atoms with E-state index < -0.39 is 18.4 Å². The van der Waals surface area contributed by atoms with Gasteiger partial charge in [-0.1, -0.05) is 0 Å². The Morgan fingerprint density at radius 1 is 1.50 bits per heavy atom. The van der Waals surface area contributed by atoms with Gasteiger partial charge in [-0.05, 0) is 0 Å². The van der Waals surface area contributed by atoms with Crippen molar-refractivity contribution in [3.8, 4) is 0 Å². The van der Waals surface area contributed by atoms with Gasteiger partial charge in [0, 0.05) is 0 Å².